The monoisotopic (exact) mass is 483 g/mol. The van der Waals surface area contributed by atoms with Crippen molar-refractivity contribution in [1.82, 2.24) is 14.9 Å². The molecule has 0 spiro atoms. The number of likely N-dealkylation sites (N-methyl/N-ethyl adjacent to an activating group) is 1. The van der Waals surface area contributed by atoms with Crippen LogP contribution in [0.5, 0.6) is 5.75 Å². The van der Waals surface area contributed by atoms with Crippen LogP contribution < -0.4 is 15.0 Å². The zero-order chi connectivity index (χ0) is 22.9. The van der Waals surface area contributed by atoms with Gasteiger partial charge in [0.1, 0.15) is 17.1 Å². The fraction of sp³-hybridized carbons (Fsp3) is 0.261. The summed E-state index contributed by atoms with van der Waals surface area (Å²) >= 11 is 3.00. The highest BCUT2D eigenvalue weighted by atomic mass is 32.1. The summed E-state index contributed by atoms with van der Waals surface area (Å²) < 4.78 is 19.6. The van der Waals surface area contributed by atoms with Crippen molar-refractivity contribution in [2.24, 2.45) is 0 Å². The number of carbonyl (C=O) groups is 1. The summed E-state index contributed by atoms with van der Waals surface area (Å²) in [6.45, 7) is 3.96. The molecule has 1 aliphatic heterocycles. The van der Waals surface area contributed by atoms with E-state index < -0.39 is 0 Å². The number of nitrogens with one attached hydrogen (secondary N) is 1. The van der Waals surface area contributed by atoms with Crippen molar-refractivity contribution in [3.8, 4) is 17.0 Å². The fourth-order valence-corrected chi connectivity index (χ4v) is 5.58. The lowest BCUT2D eigenvalue weighted by Crippen LogP contribution is -2.44. The van der Waals surface area contributed by atoms with Crippen LogP contribution in [-0.2, 0) is 0 Å². The van der Waals surface area contributed by atoms with Crippen LogP contribution in [0.4, 0.5) is 14.7 Å². The van der Waals surface area contributed by atoms with Gasteiger partial charge in [0.15, 0.2) is 10.3 Å². The van der Waals surface area contributed by atoms with E-state index >= 15 is 0 Å². The second kappa shape index (κ2) is 9.05. The molecule has 1 aliphatic rings. The number of thiazole rings is 2. The Morgan fingerprint density at radius 2 is 1.85 bits per heavy atom. The number of anilines is 2. The molecule has 3 heterocycles. The molecule has 0 radical (unpaired) electrons. The largest absolute Gasteiger partial charge is 0.494 e. The number of halogens is 1. The lowest BCUT2D eigenvalue weighted by molar-refractivity contribution is 0.102. The number of amides is 1. The average molecular weight is 484 g/mol. The minimum Gasteiger partial charge on any atom is -0.494 e. The molecule has 2 aromatic carbocycles. The SMILES string of the molecule is COc1ccc(-c2csc(N3CCN(C)CC3)n2)c2sc(NC(=O)c3ccc(F)cc3)nc12. The van der Waals surface area contributed by atoms with Crippen molar-refractivity contribution >= 4 is 49.1 Å². The van der Waals surface area contributed by atoms with Gasteiger partial charge in [-0.15, -0.1) is 11.3 Å². The number of benzene rings is 2. The molecular weight excluding hydrogens is 461 g/mol. The number of methoxy groups -OCH3 is 1. The fourth-order valence-electron chi connectivity index (χ4n) is 3.70. The summed E-state index contributed by atoms with van der Waals surface area (Å²) in [7, 11) is 3.73. The number of nitrogens with zero attached hydrogens (tertiary/aromatic N) is 4. The van der Waals surface area contributed by atoms with Gasteiger partial charge in [-0.3, -0.25) is 10.1 Å². The normalized spacial score (nSPS) is 14.6. The molecule has 0 aliphatic carbocycles. The Morgan fingerprint density at radius 3 is 2.58 bits per heavy atom. The Labute approximate surface area is 198 Å². The minimum atomic E-state index is -0.389. The van der Waals surface area contributed by atoms with Gasteiger partial charge in [0.05, 0.1) is 17.5 Å². The van der Waals surface area contributed by atoms with Gasteiger partial charge in [0, 0.05) is 42.7 Å². The molecule has 1 amide bonds. The quantitative estimate of drug-likeness (QED) is 0.448. The molecule has 0 bridgehead atoms. The molecule has 10 heteroatoms. The van der Waals surface area contributed by atoms with E-state index in [9.17, 15) is 9.18 Å². The van der Waals surface area contributed by atoms with Crippen LogP contribution >= 0.6 is 22.7 Å². The van der Waals surface area contributed by atoms with Gasteiger partial charge in [-0.25, -0.2) is 14.4 Å². The minimum absolute atomic E-state index is 0.347. The first kappa shape index (κ1) is 21.7. The molecule has 1 saturated heterocycles. The molecule has 7 nitrogen and oxygen atoms in total. The Kier molecular flexibility index (Phi) is 5.96. The van der Waals surface area contributed by atoms with E-state index in [1.54, 1.807) is 18.4 Å². The van der Waals surface area contributed by atoms with Crippen LogP contribution in [0.2, 0.25) is 0 Å². The molecule has 0 saturated carbocycles. The van der Waals surface area contributed by atoms with Crippen LogP contribution in [0.25, 0.3) is 21.5 Å². The number of ether oxygens (including phenoxy) is 1. The predicted octanol–water partition coefficient (Wildman–Crippen LogP) is 4.57. The number of carbonyl (C=O) groups excluding carboxylic acids is 1. The lowest BCUT2D eigenvalue weighted by atomic mass is 10.1. The highest BCUT2D eigenvalue weighted by Crippen LogP contribution is 2.40. The smallest absolute Gasteiger partial charge is 0.257 e. The second-order valence-corrected chi connectivity index (χ2v) is 9.61. The van der Waals surface area contributed by atoms with Crippen LogP contribution in [0, 0.1) is 5.82 Å². The van der Waals surface area contributed by atoms with E-state index in [1.165, 1.54) is 35.6 Å². The van der Waals surface area contributed by atoms with Gasteiger partial charge in [0.2, 0.25) is 0 Å². The van der Waals surface area contributed by atoms with Crippen LogP contribution in [0.1, 0.15) is 10.4 Å². The molecule has 5 rings (SSSR count). The van der Waals surface area contributed by atoms with E-state index in [2.05, 4.69) is 32.5 Å². The standard InChI is InChI=1S/C23H22FN5O2S2/c1-28-9-11-29(12-10-28)23-25-17(13-32-23)16-7-8-18(31-2)19-20(16)33-22(26-19)27-21(30)14-3-5-15(24)6-4-14/h3-8,13H,9-12H2,1-2H3,(H,26,27,30). The van der Waals surface area contributed by atoms with E-state index in [4.69, 9.17) is 9.72 Å². The number of rotatable bonds is 5. The molecule has 0 unspecified atom stereocenters. The second-order valence-electron chi connectivity index (χ2n) is 7.78. The van der Waals surface area contributed by atoms with E-state index in [-0.39, 0.29) is 11.7 Å². The first-order valence-electron chi connectivity index (χ1n) is 10.5. The number of piperazine rings is 1. The molecular formula is C23H22FN5O2S2. The van der Waals surface area contributed by atoms with E-state index in [1.807, 2.05) is 12.1 Å². The van der Waals surface area contributed by atoms with Gasteiger partial charge < -0.3 is 14.5 Å². The van der Waals surface area contributed by atoms with Crippen LogP contribution in [0.15, 0.2) is 41.8 Å². The van der Waals surface area contributed by atoms with Gasteiger partial charge in [-0.2, -0.15) is 0 Å². The van der Waals surface area contributed by atoms with Crippen molar-refractivity contribution in [2.75, 3.05) is 50.6 Å². The Morgan fingerprint density at radius 1 is 1.09 bits per heavy atom. The summed E-state index contributed by atoms with van der Waals surface area (Å²) in [4.78, 5) is 26.7. The van der Waals surface area contributed by atoms with Crippen molar-refractivity contribution in [1.29, 1.82) is 0 Å². The third kappa shape index (κ3) is 4.41. The maximum absolute atomic E-state index is 13.2. The van der Waals surface area contributed by atoms with E-state index in [0.29, 0.717) is 22.0 Å². The molecule has 1 N–H and O–H groups in total. The van der Waals surface area contributed by atoms with Crippen molar-refractivity contribution in [2.45, 2.75) is 0 Å². The molecule has 33 heavy (non-hydrogen) atoms. The predicted molar refractivity (Wildman–Crippen MR) is 131 cm³/mol. The van der Waals surface area contributed by atoms with Crippen LogP contribution in [0.3, 0.4) is 0 Å². The maximum atomic E-state index is 13.2. The van der Waals surface area contributed by atoms with Crippen molar-refractivity contribution in [3.05, 3.63) is 53.2 Å². The lowest BCUT2D eigenvalue weighted by Gasteiger charge is -2.32. The van der Waals surface area contributed by atoms with Gasteiger partial charge in [-0.05, 0) is 43.4 Å². The van der Waals surface area contributed by atoms with Gasteiger partial charge >= 0.3 is 0 Å². The number of hydrogen-bond donors (Lipinski definition) is 1. The summed E-state index contributed by atoms with van der Waals surface area (Å²) in [6.07, 6.45) is 0. The molecule has 0 atom stereocenters. The summed E-state index contributed by atoms with van der Waals surface area (Å²) in [6, 6.07) is 9.26. The zero-order valence-electron chi connectivity index (χ0n) is 18.2. The highest BCUT2D eigenvalue weighted by molar-refractivity contribution is 7.23. The Hall–Kier alpha value is -3.08. The maximum Gasteiger partial charge on any atom is 0.257 e. The first-order valence-corrected chi connectivity index (χ1v) is 12.2. The highest BCUT2D eigenvalue weighted by Gasteiger charge is 2.20. The summed E-state index contributed by atoms with van der Waals surface area (Å²) in [5.41, 5.74) is 2.85. The third-order valence-corrected chi connectivity index (χ3v) is 7.50. The van der Waals surface area contributed by atoms with Gasteiger partial charge in [-0.1, -0.05) is 11.3 Å². The third-order valence-electron chi connectivity index (χ3n) is 5.60. The average Bonchev–Trinajstić information content (AvgIpc) is 3.47. The van der Waals surface area contributed by atoms with Crippen LogP contribution in [-0.4, -0.2) is 61.1 Å². The molecule has 4 aromatic rings. The topological polar surface area (TPSA) is 70.6 Å². The summed E-state index contributed by atoms with van der Waals surface area (Å²) in [5, 5.41) is 6.33. The Bertz CT molecular complexity index is 1300. The molecule has 170 valence electrons. The van der Waals surface area contributed by atoms with E-state index in [0.717, 1.165) is 47.3 Å². The van der Waals surface area contributed by atoms with Crippen molar-refractivity contribution < 1.29 is 13.9 Å². The summed E-state index contributed by atoms with van der Waals surface area (Å²) in [5.74, 6) is -0.109. The molecule has 1 fully saturated rings. The first-order chi connectivity index (χ1) is 16.0. The number of fused-ring (bicyclic) bond motifs is 1. The van der Waals surface area contributed by atoms with Gasteiger partial charge in [0.25, 0.3) is 5.91 Å². The van der Waals surface area contributed by atoms with Crippen molar-refractivity contribution in [3.63, 3.8) is 0 Å². The Balaban J connectivity index is 1.46. The number of aromatic nitrogens is 2. The number of hydrogen-bond acceptors (Lipinski definition) is 8. The zero-order valence-corrected chi connectivity index (χ0v) is 19.8. The molecule has 2 aromatic heterocycles.